The lowest BCUT2D eigenvalue weighted by Crippen LogP contribution is -2.23. The highest BCUT2D eigenvalue weighted by Gasteiger charge is 2.17. The normalized spacial score (nSPS) is 12.4. The van der Waals surface area contributed by atoms with Crippen molar-refractivity contribution < 1.29 is 14.3 Å². The van der Waals surface area contributed by atoms with E-state index < -0.39 is 5.91 Å². The van der Waals surface area contributed by atoms with Gasteiger partial charge in [-0.3, -0.25) is 9.59 Å². The average Bonchev–Trinajstić information content (AvgIpc) is 3.10. The van der Waals surface area contributed by atoms with E-state index in [0.717, 1.165) is 5.52 Å². The summed E-state index contributed by atoms with van der Waals surface area (Å²) < 4.78 is 12.5. The second kappa shape index (κ2) is 5.98. The molecule has 0 bridgehead atoms. The zero-order chi connectivity index (χ0) is 17.4. The van der Waals surface area contributed by atoms with Crippen LogP contribution in [0.15, 0.2) is 53.5 Å². The van der Waals surface area contributed by atoms with E-state index in [2.05, 4.69) is 5.32 Å². The van der Waals surface area contributed by atoms with Crippen LogP contribution in [0.3, 0.4) is 0 Å². The molecule has 6 heteroatoms. The van der Waals surface area contributed by atoms with Gasteiger partial charge in [-0.15, -0.1) is 0 Å². The Bertz CT molecular complexity index is 1040. The quantitative estimate of drug-likeness (QED) is 0.798. The van der Waals surface area contributed by atoms with Crippen molar-refractivity contribution in [1.29, 1.82) is 0 Å². The van der Waals surface area contributed by atoms with Crippen LogP contribution in [0.4, 0.5) is 5.69 Å². The lowest BCUT2D eigenvalue weighted by atomic mass is 10.1. The van der Waals surface area contributed by atoms with Gasteiger partial charge >= 0.3 is 0 Å². The van der Waals surface area contributed by atoms with E-state index in [9.17, 15) is 9.59 Å². The number of nitrogens with zero attached hydrogens (tertiary/aromatic N) is 1. The number of nitrogens with one attached hydrogen (secondary N) is 1. The molecule has 3 aromatic rings. The van der Waals surface area contributed by atoms with Crippen LogP contribution in [0.2, 0.25) is 0 Å². The number of hydrogen-bond acceptors (Lipinski definition) is 4. The van der Waals surface area contributed by atoms with E-state index in [4.69, 9.17) is 9.47 Å². The number of pyridine rings is 1. The smallest absolute Gasteiger partial charge is 0.261 e. The lowest BCUT2D eigenvalue weighted by molar-refractivity contribution is 0.102. The predicted molar refractivity (Wildman–Crippen MR) is 94.4 cm³/mol. The first kappa shape index (κ1) is 15.3. The summed E-state index contributed by atoms with van der Waals surface area (Å²) in [4.78, 5) is 25.3. The van der Waals surface area contributed by atoms with Gasteiger partial charge in [0, 0.05) is 29.9 Å². The van der Waals surface area contributed by atoms with Gasteiger partial charge in [-0.25, -0.2) is 0 Å². The molecule has 2 heterocycles. The molecule has 4 rings (SSSR count). The number of aryl methyl sites for hydroxylation is 1. The highest BCUT2D eigenvalue weighted by Crippen LogP contribution is 2.34. The van der Waals surface area contributed by atoms with Gasteiger partial charge in [0.1, 0.15) is 5.56 Å². The summed E-state index contributed by atoms with van der Waals surface area (Å²) in [5.41, 5.74) is 1.19. The molecule has 1 aliphatic heterocycles. The first-order valence-corrected chi connectivity index (χ1v) is 8.00. The molecular formula is C19H16N2O4. The van der Waals surface area contributed by atoms with Crippen LogP contribution in [0.25, 0.3) is 10.9 Å². The number of benzene rings is 2. The van der Waals surface area contributed by atoms with Crippen LogP contribution in [0.1, 0.15) is 17.3 Å². The van der Waals surface area contributed by atoms with E-state index in [-0.39, 0.29) is 17.8 Å². The molecular weight excluding hydrogens is 320 g/mol. The summed E-state index contributed by atoms with van der Waals surface area (Å²) in [6.07, 6.45) is 1.60. The minimum Gasteiger partial charge on any atom is -0.454 e. The third-order valence-corrected chi connectivity index (χ3v) is 4.20. The number of aromatic nitrogens is 1. The van der Waals surface area contributed by atoms with Gasteiger partial charge < -0.3 is 19.4 Å². The van der Waals surface area contributed by atoms with Crippen LogP contribution in [-0.2, 0) is 6.54 Å². The van der Waals surface area contributed by atoms with Crippen molar-refractivity contribution in [3.05, 3.63) is 64.4 Å². The summed E-state index contributed by atoms with van der Waals surface area (Å²) >= 11 is 0. The molecule has 126 valence electrons. The largest absolute Gasteiger partial charge is 0.454 e. The number of anilines is 1. The zero-order valence-corrected chi connectivity index (χ0v) is 13.6. The summed E-state index contributed by atoms with van der Waals surface area (Å²) in [5.74, 6) is 0.760. The number of ether oxygens (including phenoxy) is 2. The number of rotatable bonds is 3. The topological polar surface area (TPSA) is 69.6 Å². The van der Waals surface area contributed by atoms with E-state index in [0.29, 0.717) is 29.1 Å². The van der Waals surface area contributed by atoms with E-state index in [1.54, 1.807) is 36.5 Å². The lowest BCUT2D eigenvalue weighted by Gasteiger charge is -2.12. The molecule has 0 saturated heterocycles. The molecule has 0 unspecified atom stereocenters. The number of carbonyl (C=O) groups excluding carboxylic acids is 1. The molecule has 0 fully saturated rings. The number of para-hydroxylation sites is 1. The highest BCUT2D eigenvalue weighted by molar-refractivity contribution is 6.05. The molecule has 0 atom stereocenters. The van der Waals surface area contributed by atoms with Crippen LogP contribution in [0.5, 0.6) is 11.5 Å². The van der Waals surface area contributed by atoms with Gasteiger partial charge in [-0.1, -0.05) is 12.1 Å². The van der Waals surface area contributed by atoms with Crippen molar-refractivity contribution in [2.75, 3.05) is 12.1 Å². The molecule has 1 aliphatic rings. The standard InChI is InChI=1S/C19H16N2O4/c1-2-21-10-14(18(22)13-5-3-4-6-15(13)21)19(23)20-12-7-8-16-17(9-12)25-11-24-16/h3-10H,2,11H2,1H3,(H,20,23). The molecule has 1 amide bonds. The first-order chi connectivity index (χ1) is 12.2. The molecule has 0 radical (unpaired) electrons. The maximum atomic E-state index is 12.7. The number of carbonyl (C=O) groups is 1. The SMILES string of the molecule is CCn1cc(C(=O)Nc2ccc3c(c2)OCO3)c(=O)c2ccccc21. The minimum absolute atomic E-state index is 0.109. The Balaban J connectivity index is 1.73. The van der Waals surface area contributed by atoms with Crippen LogP contribution >= 0.6 is 0 Å². The second-order valence-electron chi connectivity index (χ2n) is 5.70. The zero-order valence-electron chi connectivity index (χ0n) is 13.6. The van der Waals surface area contributed by atoms with Gasteiger partial charge in [0.25, 0.3) is 5.91 Å². The summed E-state index contributed by atoms with van der Waals surface area (Å²) in [7, 11) is 0. The second-order valence-corrected chi connectivity index (χ2v) is 5.70. The number of fused-ring (bicyclic) bond motifs is 2. The van der Waals surface area contributed by atoms with Crippen molar-refractivity contribution in [3.63, 3.8) is 0 Å². The van der Waals surface area contributed by atoms with Crippen molar-refractivity contribution in [2.45, 2.75) is 13.5 Å². The monoisotopic (exact) mass is 336 g/mol. The number of hydrogen-bond donors (Lipinski definition) is 1. The van der Waals surface area contributed by atoms with Crippen molar-refractivity contribution in [1.82, 2.24) is 4.57 Å². The van der Waals surface area contributed by atoms with Crippen LogP contribution < -0.4 is 20.2 Å². The molecule has 0 spiro atoms. The Kier molecular flexibility index (Phi) is 3.65. The van der Waals surface area contributed by atoms with E-state index >= 15 is 0 Å². The molecule has 0 saturated carbocycles. The number of amides is 1. The third-order valence-electron chi connectivity index (χ3n) is 4.20. The molecule has 1 aromatic heterocycles. The maximum Gasteiger partial charge on any atom is 0.261 e. The Labute approximate surface area is 143 Å². The van der Waals surface area contributed by atoms with Gasteiger partial charge in [-0.2, -0.15) is 0 Å². The first-order valence-electron chi connectivity index (χ1n) is 8.00. The van der Waals surface area contributed by atoms with Gasteiger partial charge in [-0.05, 0) is 31.2 Å². The molecule has 6 nitrogen and oxygen atoms in total. The Morgan fingerprint density at radius 3 is 2.80 bits per heavy atom. The Hall–Kier alpha value is -3.28. The van der Waals surface area contributed by atoms with Gasteiger partial charge in [0.15, 0.2) is 11.5 Å². The third kappa shape index (κ3) is 2.61. The average molecular weight is 336 g/mol. The summed E-state index contributed by atoms with van der Waals surface area (Å²) in [6.45, 7) is 2.79. The van der Waals surface area contributed by atoms with E-state index in [1.807, 2.05) is 23.6 Å². The fourth-order valence-corrected chi connectivity index (χ4v) is 2.94. The van der Waals surface area contributed by atoms with Gasteiger partial charge in [0.05, 0.1) is 5.52 Å². The molecule has 1 N–H and O–H groups in total. The van der Waals surface area contributed by atoms with Crippen molar-refractivity contribution in [2.24, 2.45) is 0 Å². The van der Waals surface area contributed by atoms with Crippen LogP contribution in [0, 0.1) is 0 Å². The van der Waals surface area contributed by atoms with Crippen LogP contribution in [-0.4, -0.2) is 17.3 Å². The summed E-state index contributed by atoms with van der Waals surface area (Å²) in [5, 5.41) is 3.29. The molecule has 25 heavy (non-hydrogen) atoms. The molecule has 2 aromatic carbocycles. The molecule has 0 aliphatic carbocycles. The fraction of sp³-hybridized carbons (Fsp3) is 0.158. The van der Waals surface area contributed by atoms with E-state index in [1.165, 1.54) is 0 Å². The predicted octanol–water partition coefficient (Wildman–Crippen LogP) is 3.00. The Morgan fingerprint density at radius 2 is 1.96 bits per heavy atom. The minimum atomic E-state index is -0.447. The highest BCUT2D eigenvalue weighted by atomic mass is 16.7. The van der Waals surface area contributed by atoms with Crippen molar-refractivity contribution in [3.8, 4) is 11.5 Å². The Morgan fingerprint density at radius 1 is 1.16 bits per heavy atom. The van der Waals surface area contributed by atoms with Gasteiger partial charge in [0.2, 0.25) is 12.2 Å². The van der Waals surface area contributed by atoms with Crippen molar-refractivity contribution >= 4 is 22.5 Å². The summed E-state index contributed by atoms with van der Waals surface area (Å²) in [6, 6.07) is 12.4. The maximum absolute atomic E-state index is 12.7. The fourth-order valence-electron chi connectivity index (χ4n) is 2.94.